The van der Waals surface area contributed by atoms with Crippen LogP contribution < -0.4 is 10.6 Å². The molecule has 2 fully saturated rings. The van der Waals surface area contributed by atoms with E-state index < -0.39 is 41.1 Å². The number of nitrogens with zero attached hydrogens (tertiary/aromatic N) is 2. The van der Waals surface area contributed by atoms with Gasteiger partial charge in [-0.1, -0.05) is 66.7 Å². The number of carbonyl (C=O) groups excluding carboxylic acids is 4. The van der Waals surface area contributed by atoms with Gasteiger partial charge in [0.05, 0.1) is 11.3 Å². The summed E-state index contributed by atoms with van der Waals surface area (Å²) < 4.78 is 11.4. The number of esters is 1. The number of thioether (sulfide) groups is 1. The third-order valence-electron chi connectivity index (χ3n) is 7.76. The van der Waals surface area contributed by atoms with E-state index in [1.807, 2.05) is 66.7 Å². The molecular formula is C35H36N4O6S2. The van der Waals surface area contributed by atoms with Crippen LogP contribution in [0.1, 0.15) is 63.0 Å². The second-order valence-corrected chi connectivity index (χ2v) is 14.5. The van der Waals surface area contributed by atoms with E-state index in [2.05, 4.69) is 15.6 Å². The molecule has 2 atom stereocenters. The van der Waals surface area contributed by atoms with Crippen molar-refractivity contribution in [3.63, 3.8) is 0 Å². The molecule has 47 heavy (non-hydrogen) atoms. The van der Waals surface area contributed by atoms with Crippen LogP contribution in [-0.2, 0) is 23.9 Å². The summed E-state index contributed by atoms with van der Waals surface area (Å²) in [5.41, 5.74) is 1.86. The minimum absolute atomic E-state index is 0.169. The van der Waals surface area contributed by atoms with E-state index in [0.717, 1.165) is 24.0 Å². The average molecular weight is 673 g/mol. The molecule has 2 N–H and O–H groups in total. The molecule has 0 radical (unpaired) electrons. The van der Waals surface area contributed by atoms with Gasteiger partial charge in [0, 0.05) is 11.1 Å². The first kappa shape index (κ1) is 32.5. The number of ether oxygens (including phenoxy) is 2. The molecule has 3 aliphatic rings. The summed E-state index contributed by atoms with van der Waals surface area (Å²) in [4.78, 5) is 58.9. The highest BCUT2D eigenvalue weighted by molar-refractivity contribution is 8.00. The molecule has 2 aromatic carbocycles. The number of rotatable bonds is 10. The number of amides is 3. The molecule has 3 heterocycles. The van der Waals surface area contributed by atoms with Crippen LogP contribution in [0.5, 0.6) is 0 Å². The summed E-state index contributed by atoms with van der Waals surface area (Å²) in [6.07, 6.45) is 5.17. The standard InChI is InChI=1S/C35H36N4O6S2/c1-35(2,3)45-34(43)38-33-36-25(20-47-33)24(17-16-21-14-15-21)29(40)37-27-30(41)39-26(18-19-46-31(27)39)32(42)44-28(22-10-6-4-7-11-22)23-12-8-5-9-13-23/h4-13,17-18,20-21,27-28,31H,14-16,19H2,1-3H3,(H,37,40)(H,36,38,43)/b24-17-. The van der Waals surface area contributed by atoms with Gasteiger partial charge in [-0.2, -0.15) is 0 Å². The Kier molecular flexibility index (Phi) is 9.51. The fourth-order valence-corrected chi connectivity index (χ4v) is 7.19. The first-order chi connectivity index (χ1) is 22.6. The second kappa shape index (κ2) is 13.7. The molecule has 1 aromatic heterocycles. The summed E-state index contributed by atoms with van der Waals surface area (Å²) >= 11 is 2.64. The summed E-state index contributed by atoms with van der Waals surface area (Å²) in [7, 11) is 0. The van der Waals surface area contributed by atoms with Gasteiger partial charge in [0.1, 0.15) is 22.7 Å². The van der Waals surface area contributed by atoms with Crippen molar-refractivity contribution in [2.75, 3.05) is 11.1 Å². The highest BCUT2D eigenvalue weighted by Crippen LogP contribution is 2.40. The number of aromatic nitrogens is 1. The zero-order chi connectivity index (χ0) is 33.1. The minimum atomic E-state index is -0.828. The highest BCUT2D eigenvalue weighted by atomic mass is 32.2. The number of hydrogen-bond donors (Lipinski definition) is 2. The number of fused-ring (bicyclic) bond motifs is 1. The molecule has 3 aromatic rings. The van der Waals surface area contributed by atoms with Gasteiger partial charge in [0.2, 0.25) is 0 Å². The van der Waals surface area contributed by atoms with Crippen LogP contribution in [-0.4, -0.2) is 56.5 Å². The zero-order valence-corrected chi connectivity index (χ0v) is 27.9. The number of β-lactam (4-membered cyclic amide) rings is 1. The molecule has 1 saturated carbocycles. The Morgan fingerprint density at radius 3 is 2.32 bits per heavy atom. The van der Waals surface area contributed by atoms with Crippen molar-refractivity contribution in [2.24, 2.45) is 5.92 Å². The summed E-state index contributed by atoms with van der Waals surface area (Å²) in [5.74, 6) is -0.446. The Hall–Kier alpha value is -4.42. The zero-order valence-electron chi connectivity index (χ0n) is 26.3. The number of nitrogens with one attached hydrogen (secondary N) is 2. The number of anilines is 1. The summed E-state index contributed by atoms with van der Waals surface area (Å²) in [5, 5.41) is 7.05. The van der Waals surface area contributed by atoms with Crippen LogP contribution in [0, 0.1) is 5.92 Å². The van der Waals surface area contributed by atoms with E-state index in [0.29, 0.717) is 34.5 Å². The van der Waals surface area contributed by atoms with Crippen molar-refractivity contribution >= 4 is 57.7 Å². The predicted octanol–water partition coefficient (Wildman–Crippen LogP) is 6.29. The van der Waals surface area contributed by atoms with Crippen LogP contribution in [0.4, 0.5) is 9.93 Å². The van der Waals surface area contributed by atoms with Crippen LogP contribution >= 0.6 is 23.1 Å². The molecule has 3 amide bonds. The number of hydrogen-bond acceptors (Lipinski definition) is 9. The largest absolute Gasteiger partial charge is 0.448 e. The predicted molar refractivity (Wildman–Crippen MR) is 181 cm³/mol. The second-order valence-electron chi connectivity index (χ2n) is 12.5. The molecule has 12 heteroatoms. The molecule has 2 unspecified atom stereocenters. The van der Waals surface area contributed by atoms with Gasteiger partial charge in [-0.25, -0.2) is 14.6 Å². The molecule has 0 bridgehead atoms. The maximum atomic E-state index is 13.7. The fraction of sp³-hybridized carbons (Fsp3) is 0.343. The monoisotopic (exact) mass is 672 g/mol. The van der Waals surface area contributed by atoms with Crippen LogP contribution in [0.2, 0.25) is 0 Å². The fourth-order valence-electron chi connectivity index (χ4n) is 5.30. The average Bonchev–Trinajstić information content (AvgIpc) is 3.78. The van der Waals surface area contributed by atoms with E-state index in [9.17, 15) is 19.2 Å². The van der Waals surface area contributed by atoms with E-state index >= 15 is 0 Å². The van der Waals surface area contributed by atoms with Crippen molar-refractivity contribution in [1.82, 2.24) is 15.2 Å². The third-order valence-corrected chi connectivity index (χ3v) is 9.70. The third kappa shape index (κ3) is 7.77. The Labute approximate surface area is 281 Å². The Morgan fingerprint density at radius 2 is 1.70 bits per heavy atom. The van der Waals surface area contributed by atoms with Gasteiger partial charge in [0.15, 0.2) is 11.2 Å². The van der Waals surface area contributed by atoms with Crippen molar-refractivity contribution in [1.29, 1.82) is 0 Å². The number of carbonyl (C=O) groups is 4. The smallest absolute Gasteiger partial charge is 0.413 e. The first-order valence-electron chi connectivity index (χ1n) is 15.5. The first-order valence-corrected chi connectivity index (χ1v) is 17.4. The highest BCUT2D eigenvalue weighted by Gasteiger charge is 2.53. The van der Waals surface area contributed by atoms with Crippen molar-refractivity contribution < 1.29 is 28.7 Å². The van der Waals surface area contributed by atoms with Gasteiger partial charge in [0.25, 0.3) is 11.8 Å². The molecule has 1 aliphatic carbocycles. The SMILES string of the molecule is CC(C)(C)OC(=O)Nc1nc(/C(=C/CC2CC2)C(=O)NC2C(=O)N3C(C(=O)OC(c4ccccc4)c4ccccc4)=CCSC23)cs1. The van der Waals surface area contributed by atoms with Gasteiger partial charge < -0.3 is 14.8 Å². The molecule has 6 rings (SSSR count). The Bertz CT molecular complexity index is 1670. The lowest BCUT2D eigenvalue weighted by molar-refractivity contribution is -0.154. The Balaban J connectivity index is 1.14. The summed E-state index contributed by atoms with van der Waals surface area (Å²) in [6, 6.07) is 18.1. The molecule has 0 spiro atoms. The normalized spacial score (nSPS) is 19.3. The molecule has 2 aliphatic heterocycles. The van der Waals surface area contributed by atoms with Crippen LogP contribution in [0.15, 0.2) is 83.9 Å². The van der Waals surface area contributed by atoms with Gasteiger partial charge in [-0.05, 0) is 63.2 Å². The van der Waals surface area contributed by atoms with E-state index in [1.54, 1.807) is 32.2 Å². The molecule has 244 valence electrons. The van der Waals surface area contributed by atoms with Crippen LogP contribution in [0.3, 0.4) is 0 Å². The number of benzene rings is 2. The van der Waals surface area contributed by atoms with Crippen LogP contribution in [0.25, 0.3) is 5.57 Å². The van der Waals surface area contributed by atoms with E-state index in [-0.39, 0.29) is 11.6 Å². The van der Waals surface area contributed by atoms with E-state index in [1.165, 1.54) is 28.0 Å². The quantitative estimate of drug-likeness (QED) is 0.146. The van der Waals surface area contributed by atoms with E-state index in [4.69, 9.17) is 9.47 Å². The van der Waals surface area contributed by atoms with Gasteiger partial charge in [-0.3, -0.25) is 19.8 Å². The van der Waals surface area contributed by atoms with Gasteiger partial charge >= 0.3 is 12.1 Å². The lowest BCUT2D eigenvalue weighted by Gasteiger charge is -2.48. The lowest BCUT2D eigenvalue weighted by atomic mass is 10.0. The minimum Gasteiger partial charge on any atom is -0.448 e. The molecule has 10 nitrogen and oxygen atoms in total. The lowest BCUT2D eigenvalue weighted by Crippen LogP contribution is -2.70. The van der Waals surface area contributed by atoms with Crippen molar-refractivity contribution in [3.05, 3.63) is 101 Å². The van der Waals surface area contributed by atoms with Crippen molar-refractivity contribution in [3.8, 4) is 0 Å². The maximum absolute atomic E-state index is 13.7. The number of thiazole rings is 1. The Morgan fingerprint density at radius 1 is 1.04 bits per heavy atom. The van der Waals surface area contributed by atoms with Crippen molar-refractivity contribution in [2.45, 2.75) is 63.2 Å². The molecular weight excluding hydrogens is 637 g/mol. The summed E-state index contributed by atoms with van der Waals surface area (Å²) in [6.45, 7) is 5.30. The molecule has 1 saturated heterocycles. The van der Waals surface area contributed by atoms with Gasteiger partial charge in [-0.15, -0.1) is 23.1 Å². The maximum Gasteiger partial charge on any atom is 0.413 e. The topological polar surface area (TPSA) is 127 Å². The number of allylic oxidation sites excluding steroid dienone is 1.